The second-order valence-electron chi connectivity index (χ2n) is 6.07. The van der Waals surface area contributed by atoms with Crippen molar-refractivity contribution in [3.05, 3.63) is 36.4 Å². The monoisotopic (exact) mass is 315 g/mol. The first-order chi connectivity index (χ1) is 10.9. The molecule has 0 saturated carbocycles. The van der Waals surface area contributed by atoms with Crippen LogP contribution < -0.4 is 10.1 Å². The van der Waals surface area contributed by atoms with Crippen molar-refractivity contribution in [2.45, 2.75) is 45.8 Å². The first kappa shape index (κ1) is 17.3. The van der Waals surface area contributed by atoms with Crippen LogP contribution in [0.5, 0.6) is 5.75 Å². The number of nitrogens with one attached hydrogen (secondary N) is 1. The number of fused-ring (bicyclic) bond motifs is 1. The summed E-state index contributed by atoms with van der Waals surface area (Å²) in [6, 6.07) is 11.7. The van der Waals surface area contributed by atoms with Crippen molar-refractivity contribution in [2.75, 3.05) is 12.4 Å². The number of amides is 1. The van der Waals surface area contributed by atoms with Crippen LogP contribution in [-0.2, 0) is 9.53 Å². The van der Waals surface area contributed by atoms with E-state index >= 15 is 0 Å². The minimum Gasteiger partial charge on any atom is -0.490 e. The van der Waals surface area contributed by atoms with Crippen molar-refractivity contribution < 1.29 is 14.3 Å². The van der Waals surface area contributed by atoms with Crippen molar-refractivity contribution in [1.82, 2.24) is 0 Å². The highest BCUT2D eigenvalue weighted by atomic mass is 16.5. The van der Waals surface area contributed by atoms with Crippen molar-refractivity contribution in [3.8, 4) is 5.75 Å². The molecule has 0 spiro atoms. The molecular weight excluding hydrogens is 290 g/mol. The molecular formula is C19H25NO3. The zero-order valence-electron chi connectivity index (χ0n) is 14.5. The molecule has 0 radical (unpaired) electrons. The van der Waals surface area contributed by atoms with Crippen LogP contribution in [0.1, 0.15) is 34.1 Å². The highest BCUT2D eigenvalue weighted by Crippen LogP contribution is 2.33. The maximum Gasteiger partial charge on any atom is 0.256 e. The molecule has 0 aliphatic heterocycles. The highest BCUT2D eigenvalue weighted by molar-refractivity contribution is 6.06. The fourth-order valence-electron chi connectivity index (χ4n) is 2.39. The lowest BCUT2D eigenvalue weighted by Gasteiger charge is -2.25. The summed E-state index contributed by atoms with van der Waals surface area (Å²) in [6.07, 6.45) is 0.692. The van der Waals surface area contributed by atoms with Crippen LogP contribution in [0.3, 0.4) is 0 Å². The Morgan fingerprint density at radius 1 is 1.17 bits per heavy atom. The molecule has 0 bridgehead atoms. The van der Waals surface area contributed by atoms with Crippen LogP contribution in [0, 0.1) is 0 Å². The molecule has 1 amide bonds. The Balaban J connectivity index is 2.41. The summed E-state index contributed by atoms with van der Waals surface area (Å²) in [5.41, 5.74) is -0.0766. The van der Waals surface area contributed by atoms with Crippen LogP contribution in [0.25, 0.3) is 10.8 Å². The first-order valence-corrected chi connectivity index (χ1v) is 7.96. The van der Waals surface area contributed by atoms with E-state index in [-0.39, 0.29) is 12.0 Å². The van der Waals surface area contributed by atoms with Gasteiger partial charge in [0.15, 0.2) is 0 Å². The molecule has 1 N–H and O–H groups in total. The number of ether oxygens (including phenoxy) is 2. The van der Waals surface area contributed by atoms with Gasteiger partial charge in [0.25, 0.3) is 5.91 Å². The Hall–Kier alpha value is -2.07. The van der Waals surface area contributed by atoms with Gasteiger partial charge in [0.05, 0.1) is 6.10 Å². The summed E-state index contributed by atoms with van der Waals surface area (Å²) < 4.78 is 11.2. The van der Waals surface area contributed by atoms with Gasteiger partial charge in [0, 0.05) is 23.6 Å². The molecule has 0 aliphatic carbocycles. The van der Waals surface area contributed by atoms with Crippen LogP contribution >= 0.6 is 0 Å². The zero-order valence-corrected chi connectivity index (χ0v) is 14.5. The minimum absolute atomic E-state index is 0.0933. The van der Waals surface area contributed by atoms with E-state index in [4.69, 9.17) is 9.47 Å². The van der Waals surface area contributed by atoms with Gasteiger partial charge in [-0.05, 0) is 39.3 Å². The van der Waals surface area contributed by atoms with Crippen LogP contribution in [0.4, 0.5) is 5.69 Å². The van der Waals surface area contributed by atoms with Crippen molar-refractivity contribution in [3.63, 3.8) is 0 Å². The quantitative estimate of drug-likeness (QED) is 0.860. The van der Waals surface area contributed by atoms with E-state index in [1.54, 1.807) is 14.0 Å². The van der Waals surface area contributed by atoms with Gasteiger partial charge in [-0.3, -0.25) is 4.79 Å². The number of hydrogen-bond donors (Lipinski definition) is 1. The summed E-state index contributed by atoms with van der Waals surface area (Å²) in [5.74, 6) is 0.670. The Labute approximate surface area is 137 Å². The predicted molar refractivity (Wildman–Crippen MR) is 94.0 cm³/mol. The van der Waals surface area contributed by atoms with Gasteiger partial charge < -0.3 is 14.8 Å². The molecule has 23 heavy (non-hydrogen) atoms. The number of carbonyl (C=O) groups is 1. The number of carbonyl (C=O) groups excluding carboxylic acids is 1. The van der Waals surface area contributed by atoms with Crippen molar-refractivity contribution in [2.24, 2.45) is 0 Å². The van der Waals surface area contributed by atoms with Crippen LogP contribution in [0.2, 0.25) is 0 Å². The van der Waals surface area contributed by atoms with E-state index in [0.717, 1.165) is 22.2 Å². The number of rotatable bonds is 6. The summed E-state index contributed by atoms with van der Waals surface area (Å²) in [7, 11) is 1.56. The summed E-state index contributed by atoms with van der Waals surface area (Å²) in [4.78, 5) is 12.5. The molecule has 0 saturated heterocycles. The second kappa shape index (κ2) is 7.01. The van der Waals surface area contributed by atoms with E-state index in [1.165, 1.54) is 0 Å². The maximum absolute atomic E-state index is 12.5. The lowest BCUT2D eigenvalue weighted by atomic mass is 10.0. The fraction of sp³-hybridized carbons (Fsp3) is 0.421. The molecule has 2 aromatic rings. The van der Waals surface area contributed by atoms with E-state index in [0.29, 0.717) is 6.42 Å². The Bertz CT molecular complexity index is 690. The second-order valence-corrected chi connectivity index (χ2v) is 6.07. The van der Waals surface area contributed by atoms with Gasteiger partial charge in [-0.1, -0.05) is 31.2 Å². The minimum atomic E-state index is -0.839. The van der Waals surface area contributed by atoms with Gasteiger partial charge in [-0.15, -0.1) is 0 Å². The largest absolute Gasteiger partial charge is 0.490 e. The van der Waals surface area contributed by atoms with Gasteiger partial charge in [0.1, 0.15) is 11.4 Å². The summed E-state index contributed by atoms with van der Waals surface area (Å²) in [6.45, 7) is 7.72. The van der Waals surface area contributed by atoms with E-state index in [1.807, 2.05) is 57.2 Å². The molecule has 2 rings (SSSR count). The molecule has 1 unspecified atom stereocenters. The lowest BCUT2D eigenvalue weighted by molar-refractivity contribution is -0.136. The van der Waals surface area contributed by atoms with Gasteiger partial charge in [0.2, 0.25) is 0 Å². The molecule has 2 aromatic carbocycles. The third-order valence-electron chi connectivity index (χ3n) is 4.10. The topological polar surface area (TPSA) is 47.6 Å². The molecule has 0 fully saturated rings. The van der Waals surface area contributed by atoms with Crippen LogP contribution in [-0.4, -0.2) is 24.7 Å². The standard InChI is InChI=1S/C19H25NO3/c1-6-19(4,22-5)18(21)20-16-11-12-17(23-13(2)3)15-10-8-7-9-14(15)16/h7-13H,6H2,1-5H3,(H,20,21). The smallest absolute Gasteiger partial charge is 0.256 e. The molecule has 0 heterocycles. The van der Waals surface area contributed by atoms with E-state index < -0.39 is 5.60 Å². The average molecular weight is 315 g/mol. The van der Waals surface area contributed by atoms with Gasteiger partial charge >= 0.3 is 0 Å². The highest BCUT2D eigenvalue weighted by Gasteiger charge is 2.31. The molecule has 1 atom stereocenters. The molecule has 124 valence electrons. The first-order valence-electron chi connectivity index (χ1n) is 7.96. The van der Waals surface area contributed by atoms with Gasteiger partial charge in [-0.2, -0.15) is 0 Å². The van der Waals surface area contributed by atoms with E-state index in [2.05, 4.69) is 5.32 Å². The normalized spacial score (nSPS) is 13.8. The molecule has 4 heteroatoms. The zero-order chi connectivity index (χ0) is 17.0. The summed E-state index contributed by atoms with van der Waals surface area (Å²) in [5, 5.41) is 4.92. The Morgan fingerprint density at radius 2 is 1.83 bits per heavy atom. The fourth-order valence-corrected chi connectivity index (χ4v) is 2.39. The SMILES string of the molecule is CCC(C)(OC)C(=O)Nc1ccc(OC(C)C)c2ccccc12. The number of hydrogen-bond acceptors (Lipinski definition) is 3. The third kappa shape index (κ3) is 3.64. The Kier molecular flexibility index (Phi) is 5.26. The van der Waals surface area contributed by atoms with Gasteiger partial charge in [-0.25, -0.2) is 0 Å². The molecule has 4 nitrogen and oxygen atoms in total. The van der Waals surface area contributed by atoms with Crippen molar-refractivity contribution in [1.29, 1.82) is 0 Å². The summed E-state index contributed by atoms with van der Waals surface area (Å²) >= 11 is 0. The average Bonchev–Trinajstić information content (AvgIpc) is 2.55. The third-order valence-corrected chi connectivity index (χ3v) is 4.10. The predicted octanol–water partition coefficient (Wildman–Crippen LogP) is 4.38. The number of anilines is 1. The lowest BCUT2D eigenvalue weighted by Crippen LogP contribution is -2.41. The van der Waals surface area contributed by atoms with Crippen molar-refractivity contribution >= 4 is 22.4 Å². The Morgan fingerprint density at radius 3 is 2.39 bits per heavy atom. The maximum atomic E-state index is 12.5. The molecule has 0 aromatic heterocycles. The molecule has 0 aliphatic rings. The van der Waals surface area contributed by atoms with Crippen LogP contribution in [0.15, 0.2) is 36.4 Å². The van der Waals surface area contributed by atoms with E-state index in [9.17, 15) is 4.79 Å². The number of methoxy groups -OCH3 is 1. The number of benzene rings is 2.